The molecule has 1 saturated carbocycles. The number of hydrogen-bond acceptors (Lipinski definition) is 4. The Hall–Kier alpha value is -2.87. The van der Waals surface area contributed by atoms with Crippen molar-refractivity contribution in [2.45, 2.75) is 51.2 Å². The molecule has 0 aliphatic heterocycles. The number of carbonyl (C=O) groups excluding carboxylic acids is 2. The van der Waals surface area contributed by atoms with Crippen molar-refractivity contribution in [3.63, 3.8) is 0 Å². The SMILES string of the molecule is CC(C(=O)NC1CCCC1)N(Cc1ccccc1)C(=O)CN(c1ccccc1)S(C)(=O)=O. The van der Waals surface area contributed by atoms with E-state index in [0.29, 0.717) is 5.69 Å². The zero-order valence-corrected chi connectivity index (χ0v) is 19.4. The third-order valence-electron chi connectivity index (χ3n) is 5.79. The molecule has 172 valence electrons. The number of nitrogens with zero attached hydrogens (tertiary/aromatic N) is 2. The lowest BCUT2D eigenvalue weighted by atomic mass is 10.1. The zero-order valence-electron chi connectivity index (χ0n) is 18.6. The van der Waals surface area contributed by atoms with Crippen molar-refractivity contribution < 1.29 is 18.0 Å². The van der Waals surface area contributed by atoms with E-state index in [1.165, 1.54) is 4.90 Å². The van der Waals surface area contributed by atoms with Crippen LogP contribution in [0.5, 0.6) is 0 Å². The molecule has 1 fully saturated rings. The predicted octanol–water partition coefficient (Wildman–Crippen LogP) is 2.93. The molecule has 0 spiro atoms. The summed E-state index contributed by atoms with van der Waals surface area (Å²) in [6, 6.07) is 17.3. The fraction of sp³-hybridized carbons (Fsp3) is 0.417. The molecule has 7 nitrogen and oxygen atoms in total. The largest absolute Gasteiger partial charge is 0.352 e. The second-order valence-corrected chi connectivity index (χ2v) is 10.2. The van der Waals surface area contributed by atoms with Crippen LogP contribution in [-0.2, 0) is 26.2 Å². The van der Waals surface area contributed by atoms with E-state index in [4.69, 9.17) is 0 Å². The van der Waals surface area contributed by atoms with E-state index >= 15 is 0 Å². The first-order valence-corrected chi connectivity index (χ1v) is 12.8. The van der Waals surface area contributed by atoms with Crippen LogP contribution in [0.3, 0.4) is 0 Å². The molecule has 2 amide bonds. The Morgan fingerprint density at radius 2 is 1.56 bits per heavy atom. The van der Waals surface area contributed by atoms with Crippen molar-refractivity contribution in [1.82, 2.24) is 10.2 Å². The fourth-order valence-electron chi connectivity index (χ4n) is 3.96. The molecule has 0 bridgehead atoms. The van der Waals surface area contributed by atoms with E-state index in [2.05, 4.69) is 5.32 Å². The number of carbonyl (C=O) groups is 2. The van der Waals surface area contributed by atoms with E-state index in [-0.39, 0.29) is 25.0 Å². The maximum atomic E-state index is 13.4. The third kappa shape index (κ3) is 6.32. The van der Waals surface area contributed by atoms with E-state index in [9.17, 15) is 18.0 Å². The predicted molar refractivity (Wildman–Crippen MR) is 125 cm³/mol. The number of amides is 2. The standard InChI is InChI=1S/C24H31N3O4S/c1-19(24(29)25-21-13-9-10-14-21)26(17-20-11-5-3-6-12-20)23(28)18-27(32(2,30)31)22-15-7-4-8-16-22/h3-8,11-12,15-16,19,21H,9-10,13-14,17-18H2,1-2H3,(H,25,29). The van der Waals surface area contributed by atoms with Gasteiger partial charge in [-0.05, 0) is 37.5 Å². The Labute approximate surface area is 190 Å². The van der Waals surface area contributed by atoms with Crippen molar-refractivity contribution in [3.05, 3.63) is 66.2 Å². The number of para-hydroxylation sites is 1. The van der Waals surface area contributed by atoms with Gasteiger partial charge in [0.15, 0.2) is 0 Å². The van der Waals surface area contributed by atoms with Crippen LogP contribution in [0, 0.1) is 0 Å². The monoisotopic (exact) mass is 457 g/mol. The van der Waals surface area contributed by atoms with Crippen LogP contribution in [-0.4, -0.2) is 50.0 Å². The fourth-order valence-corrected chi connectivity index (χ4v) is 4.81. The van der Waals surface area contributed by atoms with Gasteiger partial charge in [-0.1, -0.05) is 61.4 Å². The quantitative estimate of drug-likeness (QED) is 0.627. The number of hydrogen-bond donors (Lipinski definition) is 1. The highest BCUT2D eigenvalue weighted by Crippen LogP contribution is 2.20. The summed E-state index contributed by atoms with van der Waals surface area (Å²) in [5.41, 5.74) is 1.28. The number of nitrogens with one attached hydrogen (secondary N) is 1. The summed E-state index contributed by atoms with van der Waals surface area (Å²) in [7, 11) is -3.70. The van der Waals surface area contributed by atoms with Gasteiger partial charge >= 0.3 is 0 Å². The minimum atomic E-state index is -3.70. The smallest absolute Gasteiger partial charge is 0.244 e. The first-order valence-electron chi connectivity index (χ1n) is 10.9. The van der Waals surface area contributed by atoms with Gasteiger partial charge in [0.2, 0.25) is 21.8 Å². The molecule has 0 saturated heterocycles. The van der Waals surface area contributed by atoms with Crippen LogP contribution >= 0.6 is 0 Å². The summed E-state index contributed by atoms with van der Waals surface area (Å²) in [4.78, 5) is 27.8. The van der Waals surface area contributed by atoms with E-state index < -0.39 is 22.0 Å². The minimum Gasteiger partial charge on any atom is -0.352 e. The summed E-state index contributed by atoms with van der Waals surface area (Å²) in [6.07, 6.45) is 5.14. The number of sulfonamides is 1. The topological polar surface area (TPSA) is 86.8 Å². The average molecular weight is 458 g/mol. The van der Waals surface area contributed by atoms with E-state index in [1.54, 1.807) is 37.3 Å². The number of benzene rings is 2. The van der Waals surface area contributed by atoms with Gasteiger partial charge in [-0.2, -0.15) is 0 Å². The average Bonchev–Trinajstić information content (AvgIpc) is 3.28. The van der Waals surface area contributed by atoms with Gasteiger partial charge in [0.1, 0.15) is 12.6 Å². The Kier molecular flexibility index (Phi) is 7.90. The molecule has 1 atom stereocenters. The van der Waals surface area contributed by atoms with Gasteiger partial charge in [0.25, 0.3) is 0 Å². The molecule has 2 aromatic rings. The lowest BCUT2D eigenvalue weighted by Crippen LogP contribution is -2.52. The summed E-state index contributed by atoms with van der Waals surface area (Å²) >= 11 is 0. The molecular weight excluding hydrogens is 426 g/mol. The molecule has 1 aliphatic rings. The van der Waals surface area contributed by atoms with E-state index in [0.717, 1.165) is 41.8 Å². The zero-order chi connectivity index (χ0) is 23.1. The highest BCUT2D eigenvalue weighted by atomic mass is 32.2. The highest BCUT2D eigenvalue weighted by Gasteiger charge is 2.31. The summed E-state index contributed by atoms with van der Waals surface area (Å²) in [5, 5.41) is 3.05. The summed E-state index contributed by atoms with van der Waals surface area (Å²) < 4.78 is 26.0. The molecule has 32 heavy (non-hydrogen) atoms. The highest BCUT2D eigenvalue weighted by molar-refractivity contribution is 7.92. The molecule has 0 radical (unpaired) electrons. The maximum absolute atomic E-state index is 13.4. The Morgan fingerprint density at radius 1 is 1.00 bits per heavy atom. The lowest BCUT2D eigenvalue weighted by molar-refractivity contribution is -0.139. The van der Waals surface area contributed by atoms with Crippen molar-refractivity contribution in [1.29, 1.82) is 0 Å². The molecule has 1 N–H and O–H groups in total. The third-order valence-corrected chi connectivity index (χ3v) is 6.93. The van der Waals surface area contributed by atoms with Crippen LogP contribution in [0.15, 0.2) is 60.7 Å². The number of rotatable bonds is 9. The molecule has 2 aromatic carbocycles. The molecule has 1 aliphatic carbocycles. The lowest BCUT2D eigenvalue weighted by Gasteiger charge is -2.32. The van der Waals surface area contributed by atoms with Crippen LogP contribution < -0.4 is 9.62 Å². The van der Waals surface area contributed by atoms with Crippen LogP contribution in [0.2, 0.25) is 0 Å². The van der Waals surface area contributed by atoms with Crippen molar-refractivity contribution in [3.8, 4) is 0 Å². The van der Waals surface area contributed by atoms with Crippen molar-refractivity contribution in [2.75, 3.05) is 17.1 Å². The molecule has 8 heteroatoms. The normalized spacial score (nSPS) is 15.2. The van der Waals surface area contributed by atoms with Gasteiger partial charge in [-0.15, -0.1) is 0 Å². The minimum absolute atomic E-state index is 0.135. The molecular formula is C24H31N3O4S. The molecule has 0 heterocycles. The second kappa shape index (κ2) is 10.6. The first kappa shape index (κ1) is 23.8. The van der Waals surface area contributed by atoms with Gasteiger partial charge in [0, 0.05) is 12.6 Å². The number of anilines is 1. The Bertz CT molecular complexity index is 1010. The van der Waals surface area contributed by atoms with Gasteiger partial charge in [-0.25, -0.2) is 8.42 Å². The molecule has 1 unspecified atom stereocenters. The Balaban J connectivity index is 1.83. The van der Waals surface area contributed by atoms with Crippen LogP contribution in [0.4, 0.5) is 5.69 Å². The van der Waals surface area contributed by atoms with Crippen molar-refractivity contribution >= 4 is 27.5 Å². The van der Waals surface area contributed by atoms with E-state index in [1.807, 2.05) is 30.3 Å². The maximum Gasteiger partial charge on any atom is 0.244 e. The van der Waals surface area contributed by atoms with Crippen molar-refractivity contribution in [2.24, 2.45) is 0 Å². The molecule has 3 rings (SSSR count). The second-order valence-electron chi connectivity index (χ2n) is 8.28. The van der Waals surface area contributed by atoms with Gasteiger partial charge in [0.05, 0.1) is 11.9 Å². The van der Waals surface area contributed by atoms with Gasteiger partial charge < -0.3 is 10.2 Å². The van der Waals surface area contributed by atoms with Gasteiger partial charge in [-0.3, -0.25) is 13.9 Å². The van der Waals surface area contributed by atoms with Crippen LogP contribution in [0.25, 0.3) is 0 Å². The summed E-state index contributed by atoms with van der Waals surface area (Å²) in [5.74, 6) is -0.649. The van der Waals surface area contributed by atoms with Crippen LogP contribution in [0.1, 0.15) is 38.2 Å². The Morgan fingerprint density at radius 3 is 2.12 bits per heavy atom. The first-order chi connectivity index (χ1) is 15.3. The summed E-state index contributed by atoms with van der Waals surface area (Å²) in [6.45, 7) is 1.53. The molecule has 0 aromatic heterocycles.